The van der Waals surface area contributed by atoms with E-state index in [1.165, 1.54) is 18.2 Å². The number of methoxy groups -OCH3 is 1. The highest BCUT2D eigenvalue weighted by Gasteiger charge is 2.17. The van der Waals surface area contributed by atoms with Crippen LogP contribution in [0.2, 0.25) is 10.0 Å². The number of amides is 1. The van der Waals surface area contributed by atoms with Crippen LogP contribution in [0.15, 0.2) is 52.9 Å². The van der Waals surface area contributed by atoms with E-state index in [2.05, 4.69) is 5.32 Å². The number of halogens is 2. The number of hydrogen-bond acceptors (Lipinski definition) is 5. The van der Waals surface area contributed by atoms with E-state index in [1.807, 2.05) is 26.0 Å². The van der Waals surface area contributed by atoms with Crippen molar-refractivity contribution >= 4 is 46.1 Å². The highest BCUT2D eigenvalue weighted by atomic mass is 35.5. The zero-order valence-corrected chi connectivity index (χ0v) is 19.4. The normalized spacial score (nSPS) is 12.4. The Bertz CT molecular complexity index is 1000. The molecule has 1 atom stereocenters. The molecule has 0 aliphatic heterocycles. The summed E-state index contributed by atoms with van der Waals surface area (Å²) in [4.78, 5) is 12.7. The number of carbonyl (C=O) groups is 1. The van der Waals surface area contributed by atoms with Crippen molar-refractivity contribution < 1.29 is 23.0 Å². The fourth-order valence-electron chi connectivity index (χ4n) is 2.54. The molecule has 3 N–H and O–H groups in total. The summed E-state index contributed by atoms with van der Waals surface area (Å²) in [5.41, 5.74) is 1.22. The van der Waals surface area contributed by atoms with Gasteiger partial charge in [0.2, 0.25) is 11.8 Å². The van der Waals surface area contributed by atoms with Crippen LogP contribution < -0.4 is 14.8 Å². The fourth-order valence-corrected chi connectivity index (χ4v) is 3.67. The van der Waals surface area contributed by atoms with Crippen LogP contribution in [0.1, 0.15) is 19.4 Å². The lowest BCUT2D eigenvalue weighted by Gasteiger charge is -2.14. The van der Waals surface area contributed by atoms with Crippen molar-refractivity contribution in [3.63, 3.8) is 0 Å². The molecule has 0 spiro atoms. The third-order valence-corrected chi connectivity index (χ3v) is 5.37. The summed E-state index contributed by atoms with van der Waals surface area (Å²) < 4.78 is 30.8. The van der Waals surface area contributed by atoms with Crippen LogP contribution in [-0.4, -0.2) is 27.7 Å². The third kappa shape index (κ3) is 7.07. The predicted molar refractivity (Wildman–Crippen MR) is 122 cm³/mol. The first-order valence-corrected chi connectivity index (χ1v) is 11.0. The Labute approximate surface area is 193 Å². The third-order valence-electron chi connectivity index (χ3n) is 4.17. The maximum atomic E-state index is 12.7. The van der Waals surface area contributed by atoms with E-state index in [4.69, 9.17) is 42.6 Å². The van der Waals surface area contributed by atoms with Gasteiger partial charge in [-0.3, -0.25) is 10.2 Å². The number of hydrogen-bond donors (Lipinski definition) is 3. The minimum absolute atomic E-state index is 0.00482. The molecular weight excluding hydrogens is 463 g/mol. The zero-order chi connectivity index (χ0) is 23.1. The molecule has 0 aliphatic carbocycles. The van der Waals surface area contributed by atoms with Gasteiger partial charge in [0.25, 0.3) is 0 Å². The summed E-state index contributed by atoms with van der Waals surface area (Å²) in [5.74, 6) is -0.211. The number of carbonyl (C=O) groups excluding carboxylic acids is 1. The molecule has 0 saturated heterocycles. The Hall–Kier alpha value is -2.39. The van der Waals surface area contributed by atoms with Crippen LogP contribution in [0.4, 0.5) is 0 Å². The minimum Gasteiger partial charge on any atom is -0.497 e. The zero-order valence-electron chi connectivity index (χ0n) is 17.1. The number of nitrogens with one attached hydrogen (secondary N) is 2. The molecule has 1 unspecified atom stereocenters. The molecule has 31 heavy (non-hydrogen) atoms. The standard InChI is InChI=1S/C21H22Cl2N2O5S/c1-12(2)16(21(26)25-11-13-4-6-14(29-3)7-5-13)10-19(24)30-20-17(22)8-15(31(27)28)9-18(20)23/h4-10,12,24H,11H2,1-3H3,(H,25,26)(H,27,28)/b16-10-,24-19?. The van der Waals surface area contributed by atoms with Gasteiger partial charge in [-0.25, -0.2) is 4.21 Å². The van der Waals surface area contributed by atoms with Crippen molar-refractivity contribution in [2.45, 2.75) is 25.3 Å². The van der Waals surface area contributed by atoms with E-state index in [0.717, 1.165) is 11.3 Å². The highest BCUT2D eigenvalue weighted by molar-refractivity contribution is 7.79. The van der Waals surface area contributed by atoms with Crippen molar-refractivity contribution in [1.82, 2.24) is 5.32 Å². The first kappa shape index (κ1) is 24.9. The van der Waals surface area contributed by atoms with Crippen molar-refractivity contribution in [2.75, 3.05) is 7.11 Å². The van der Waals surface area contributed by atoms with Crippen LogP contribution in [-0.2, 0) is 22.4 Å². The molecule has 7 nitrogen and oxygen atoms in total. The second-order valence-electron chi connectivity index (χ2n) is 6.72. The number of rotatable bonds is 8. The summed E-state index contributed by atoms with van der Waals surface area (Å²) in [5, 5.41) is 10.9. The lowest BCUT2D eigenvalue weighted by molar-refractivity contribution is -0.118. The molecule has 2 rings (SSSR count). The van der Waals surface area contributed by atoms with Crippen LogP contribution in [0.25, 0.3) is 0 Å². The van der Waals surface area contributed by atoms with Gasteiger partial charge in [-0.2, -0.15) is 0 Å². The monoisotopic (exact) mass is 484 g/mol. The van der Waals surface area contributed by atoms with Crippen molar-refractivity contribution in [3.8, 4) is 11.5 Å². The van der Waals surface area contributed by atoms with Crippen LogP contribution >= 0.6 is 23.2 Å². The Kier molecular flexibility index (Phi) is 9.06. The molecule has 0 aliphatic rings. The van der Waals surface area contributed by atoms with E-state index in [1.54, 1.807) is 19.2 Å². The van der Waals surface area contributed by atoms with Gasteiger partial charge < -0.3 is 19.3 Å². The lowest BCUT2D eigenvalue weighted by Crippen LogP contribution is -2.27. The Morgan fingerprint density at radius 3 is 2.29 bits per heavy atom. The van der Waals surface area contributed by atoms with Gasteiger partial charge in [0, 0.05) is 18.2 Å². The summed E-state index contributed by atoms with van der Waals surface area (Å²) in [6.45, 7) is 3.94. The Morgan fingerprint density at radius 1 is 1.23 bits per heavy atom. The molecule has 0 fully saturated rings. The summed E-state index contributed by atoms with van der Waals surface area (Å²) in [7, 11) is 1.58. The molecule has 166 valence electrons. The van der Waals surface area contributed by atoms with E-state index in [9.17, 15) is 9.00 Å². The minimum atomic E-state index is -2.26. The summed E-state index contributed by atoms with van der Waals surface area (Å²) in [6, 6.07) is 9.73. The highest BCUT2D eigenvalue weighted by Crippen LogP contribution is 2.35. The van der Waals surface area contributed by atoms with E-state index >= 15 is 0 Å². The van der Waals surface area contributed by atoms with Crippen molar-refractivity contribution in [2.24, 2.45) is 5.92 Å². The molecule has 1 amide bonds. The second kappa shape index (κ2) is 11.3. The van der Waals surface area contributed by atoms with E-state index < -0.39 is 11.1 Å². The molecule has 2 aromatic rings. The summed E-state index contributed by atoms with van der Waals surface area (Å²) >= 11 is 9.86. The smallest absolute Gasteiger partial charge is 0.247 e. The molecular formula is C21H22Cl2N2O5S. The average Bonchev–Trinajstić information content (AvgIpc) is 2.72. The molecule has 10 heteroatoms. The summed E-state index contributed by atoms with van der Waals surface area (Å²) in [6.07, 6.45) is 1.29. The van der Waals surface area contributed by atoms with Gasteiger partial charge in [-0.05, 0) is 35.7 Å². The number of benzene rings is 2. The van der Waals surface area contributed by atoms with Gasteiger partial charge in [0.05, 0.1) is 22.1 Å². The Morgan fingerprint density at radius 2 is 1.81 bits per heavy atom. The van der Waals surface area contributed by atoms with Crippen LogP contribution in [0.3, 0.4) is 0 Å². The van der Waals surface area contributed by atoms with Crippen molar-refractivity contribution in [1.29, 1.82) is 5.41 Å². The molecule has 0 heterocycles. The molecule has 2 aromatic carbocycles. The van der Waals surface area contributed by atoms with Gasteiger partial charge in [0.15, 0.2) is 16.8 Å². The maximum Gasteiger partial charge on any atom is 0.247 e. The van der Waals surface area contributed by atoms with Gasteiger partial charge >= 0.3 is 0 Å². The maximum absolute atomic E-state index is 12.7. The predicted octanol–water partition coefficient (Wildman–Crippen LogP) is 4.84. The van der Waals surface area contributed by atoms with Gasteiger partial charge in [-0.1, -0.05) is 49.2 Å². The molecule has 0 radical (unpaired) electrons. The quantitative estimate of drug-likeness (QED) is 0.215. The lowest BCUT2D eigenvalue weighted by atomic mass is 10.0. The number of ether oxygens (including phenoxy) is 2. The van der Waals surface area contributed by atoms with Crippen LogP contribution in [0, 0.1) is 11.3 Å². The van der Waals surface area contributed by atoms with E-state index in [0.29, 0.717) is 12.1 Å². The average molecular weight is 485 g/mol. The Balaban J connectivity index is 2.12. The van der Waals surface area contributed by atoms with Gasteiger partial charge in [0.1, 0.15) is 5.75 Å². The molecule has 0 saturated carbocycles. The largest absolute Gasteiger partial charge is 0.497 e. The fraction of sp³-hybridized carbons (Fsp3) is 0.238. The topological polar surface area (TPSA) is 109 Å². The molecule has 0 aromatic heterocycles. The van der Waals surface area contributed by atoms with Crippen LogP contribution in [0.5, 0.6) is 11.5 Å². The first-order chi connectivity index (χ1) is 14.6. The molecule has 0 bridgehead atoms. The van der Waals surface area contributed by atoms with E-state index in [-0.39, 0.29) is 38.4 Å². The second-order valence-corrected chi connectivity index (χ2v) is 8.50. The van der Waals surface area contributed by atoms with Gasteiger partial charge in [-0.15, -0.1) is 0 Å². The van der Waals surface area contributed by atoms with Crippen molar-refractivity contribution in [3.05, 3.63) is 63.7 Å². The first-order valence-electron chi connectivity index (χ1n) is 9.11. The SMILES string of the molecule is COc1ccc(CNC(=O)/C(=C\C(=N)Oc2c(Cl)cc(S(=O)O)cc2Cl)C(C)C)cc1.